The second-order valence-corrected chi connectivity index (χ2v) is 21.8. The minimum absolute atomic E-state index is 0.134. The average molecular weight is 1150 g/mol. The summed E-state index contributed by atoms with van der Waals surface area (Å²) < 4.78 is 63.0. The molecule has 0 radical (unpaired) electrons. The number of hydrogen-bond acceptors (Lipinski definition) is 10. The van der Waals surface area contributed by atoms with Gasteiger partial charge in [-0.3, -0.25) is 0 Å². The highest BCUT2D eigenvalue weighted by atomic mass is 16.7. The van der Waals surface area contributed by atoms with E-state index < -0.39 is 55.1 Å². The van der Waals surface area contributed by atoms with Crippen LogP contribution in [0.25, 0.3) is 10.4 Å². The Bertz CT molecular complexity index is 2890. The zero-order valence-electron chi connectivity index (χ0n) is 49.5. The Labute approximate surface area is 505 Å². The lowest BCUT2D eigenvalue weighted by Crippen LogP contribution is -2.62. The summed E-state index contributed by atoms with van der Waals surface area (Å²) in [6, 6.07) is 69.3. The quantitative estimate of drug-likeness (QED) is 0.0121. The van der Waals surface area contributed by atoms with Crippen LogP contribution in [0.5, 0.6) is 0 Å². The van der Waals surface area contributed by atoms with Crippen LogP contribution in [0.2, 0.25) is 0 Å². The summed E-state index contributed by atoms with van der Waals surface area (Å²) in [6.07, 6.45) is 9.80. The summed E-state index contributed by atoms with van der Waals surface area (Å²) in [4.78, 5) is 3.50. The highest BCUT2D eigenvalue weighted by Crippen LogP contribution is 2.33. The Hall–Kier alpha value is -6.77. The van der Waals surface area contributed by atoms with Crippen LogP contribution in [0.4, 0.5) is 0 Å². The zero-order valence-corrected chi connectivity index (χ0v) is 49.5. The molecule has 0 unspecified atom stereocenters. The van der Waals surface area contributed by atoms with Gasteiger partial charge in [0.05, 0.1) is 71.6 Å². The van der Waals surface area contributed by atoms with Gasteiger partial charge in [-0.1, -0.05) is 288 Å². The standard InChI is InChI=1S/C73H87N3O9/c1-2-3-4-5-6-7-8-9-10-11-33-48-66(78-50-59-36-21-13-22-37-59)69(80-52-61-40-25-15-26-41-61)68(79-51-60-38-23-14-24-39-60)65(75-76-74)56-84-73-72(83-55-64-46-31-18-32-47-64)71(82-54-63-44-29-17-30-45-63)70(81-53-62-42-27-16-28-43-62)67(85-73)57-77-49-58-34-19-12-20-35-58/h12-48,65-73H,2-11,49-57H2,1H3/b48-33-/t65-,66-,67+,68-,69+,70-,71-,72+,73-/m0/s1. The van der Waals surface area contributed by atoms with Gasteiger partial charge < -0.3 is 42.6 Å². The normalized spacial score (nSPS) is 18.3. The van der Waals surface area contributed by atoms with Gasteiger partial charge in [0.25, 0.3) is 0 Å². The first-order valence-corrected chi connectivity index (χ1v) is 30.7. The highest BCUT2D eigenvalue weighted by molar-refractivity contribution is 5.19. The van der Waals surface area contributed by atoms with Gasteiger partial charge in [-0.2, -0.15) is 0 Å². The fraction of sp³-hybridized carbons (Fsp3) is 0.397. The van der Waals surface area contributed by atoms with Crippen molar-refractivity contribution >= 4 is 0 Å². The Morgan fingerprint density at radius 2 is 0.824 bits per heavy atom. The van der Waals surface area contributed by atoms with Gasteiger partial charge >= 0.3 is 0 Å². The van der Waals surface area contributed by atoms with Crippen LogP contribution in [0, 0.1) is 0 Å². The Morgan fingerprint density at radius 3 is 1.28 bits per heavy atom. The summed E-state index contributed by atoms with van der Waals surface area (Å²) in [6.45, 7) is 4.02. The van der Waals surface area contributed by atoms with E-state index in [-0.39, 0.29) is 46.2 Å². The lowest BCUT2D eigenvalue weighted by Gasteiger charge is -2.46. The van der Waals surface area contributed by atoms with Crippen LogP contribution in [0.1, 0.15) is 110 Å². The predicted molar refractivity (Wildman–Crippen MR) is 335 cm³/mol. The van der Waals surface area contributed by atoms with E-state index in [0.717, 1.165) is 58.2 Å². The lowest BCUT2D eigenvalue weighted by molar-refractivity contribution is -0.330. The smallest absolute Gasteiger partial charge is 0.186 e. The predicted octanol–water partition coefficient (Wildman–Crippen LogP) is 16.6. The highest BCUT2D eigenvalue weighted by Gasteiger charge is 2.50. The number of allylic oxidation sites excluding steroid dienone is 1. The van der Waals surface area contributed by atoms with E-state index in [4.69, 9.17) is 42.6 Å². The van der Waals surface area contributed by atoms with Crippen molar-refractivity contribution in [1.82, 2.24) is 0 Å². The number of benzene rings is 7. The van der Waals surface area contributed by atoms with Crippen molar-refractivity contribution in [3.05, 3.63) is 274 Å². The van der Waals surface area contributed by atoms with Crippen LogP contribution in [0.3, 0.4) is 0 Å². The lowest BCUT2D eigenvalue weighted by atomic mass is 9.97. The molecule has 1 aliphatic heterocycles. The van der Waals surface area contributed by atoms with Crippen molar-refractivity contribution < 1.29 is 42.6 Å². The molecule has 8 rings (SSSR count). The molecule has 1 aliphatic rings. The molecule has 7 aromatic carbocycles. The number of nitrogens with zero attached hydrogens (tertiary/aromatic N) is 3. The molecule has 0 spiro atoms. The van der Waals surface area contributed by atoms with Crippen LogP contribution < -0.4 is 0 Å². The first kappa shape index (κ1) is 64.2. The van der Waals surface area contributed by atoms with Crippen LogP contribution in [-0.2, 0) is 88.9 Å². The molecule has 0 aromatic heterocycles. The van der Waals surface area contributed by atoms with Crippen molar-refractivity contribution in [3.63, 3.8) is 0 Å². The van der Waals surface area contributed by atoms with Crippen LogP contribution >= 0.6 is 0 Å². The van der Waals surface area contributed by atoms with Gasteiger partial charge in [-0.05, 0) is 57.3 Å². The first-order chi connectivity index (χ1) is 42.1. The molecule has 448 valence electrons. The zero-order chi connectivity index (χ0) is 58.6. The number of hydrogen-bond donors (Lipinski definition) is 0. The molecule has 0 N–H and O–H groups in total. The number of azide groups is 1. The van der Waals surface area contributed by atoms with Crippen LogP contribution in [0.15, 0.2) is 230 Å². The molecule has 1 fully saturated rings. The third kappa shape index (κ3) is 22.9. The minimum atomic E-state index is -1.09. The molecule has 0 aliphatic carbocycles. The van der Waals surface area contributed by atoms with Gasteiger partial charge in [0, 0.05) is 4.91 Å². The molecule has 7 aromatic rings. The number of unbranched alkanes of at least 4 members (excludes halogenated alkanes) is 9. The Balaban J connectivity index is 1.14. The maximum Gasteiger partial charge on any atom is 0.186 e. The van der Waals surface area contributed by atoms with Crippen molar-refractivity contribution in [3.8, 4) is 0 Å². The Kier molecular flexibility index (Phi) is 29.0. The molecule has 12 nitrogen and oxygen atoms in total. The molecular formula is C73H87N3O9. The molecule has 0 bridgehead atoms. The minimum Gasteiger partial charge on any atom is -0.374 e. The van der Waals surface area contributed by atoms with Crippen LogP contribution in [-0.4, -0.2) is 68.3 Å². The average Bonchev–Trinajstić information content (AvgIpc) is 3.56. The second kappa shape index (κ2) is 38.3. The molecule has 9 atom stereocenters. The maximum absolute atomic E-state index is 10.7. The van der Waals surface area contributed by atoms with Crippen molar-refractivity contribution in [2.75, 3.05) is 13.2 Å². The third-order valence-electron chi connectivity index (χ3n) is 15.2. The summed E-state index contributed by atoms with van der Waals surface area (Å²) >= 11 is 0. The molecule has 12 heteroatoms. The van der Waals surface area contributed by atoms with Gasteiger partial charge in [0.15, 0.2) is 6.29 Å². The maximum atomic E-state index is 10.7. The van der Waals surface area contributed by atoms with E-state index in [9.17, 15) is 5.53 Å². The van der Waals surface area contributed by atoms with Gasteiger partial charge in [-0.25, -0.2) is 0 Å². The summed E-state index contributed by atoms with van der Waals surface area (Å²) in [5.74, 6) is 0. The summed E-state index contributed by atoms with van der Waals surface area (Å²) in [5, 5.41) is 4.55. The molecule has 85 heavy (non-hydrogen) atoms. The fourth-order valence-corrected chi connectivity index (χ4v) is 10.5. The van der Waals surface area contributed by atoms with Gasteiger partial charge in [-0.15, -0.1) is 0 Å². The van der Waals surface area contributed by atoms with E-state index >= 15 is 0 Å². The first-order valence-electron chi connectivity index (χ1n) is 30.7. The van der Waals surface area contributed by atoms with Gasteiger partial charge in [0.2, 0.25) is 0 Å². The molecule has 0 saturated carbocycles. The number of rotatable bonds is 40. The van der Waals surface area contributed by atoms with Crippen molar-refractivity contribution in [1.29, 1.82) is 0 Å². The molecular weight excluding hydrogens is 1060 g/mol. The monoisotopic (exact) mass is 1150 g/mol. The molecule has 1 saturated heterocycles. The van der Waals surface area contributed by atoms with E-state index in [0.29, 0.717) is 13.2 Å². The molecule has 1 heterocycles. The second-order valence-electron chi connectivity index (χ2n) is 21.8. The van der Waals surface area contributed by atoms with E-state index in [1.54, 1.807) is 0 Å². The Morgan fingerprint density at radius 1 is 0.435 bits per heavy atom. The van der Waals surface area contributed by atoms with Crippen molar-refractivity contribution in [2.45, 2.75) is 172 Å². The van der Waals surface area contributed by atoms with E-state index in [1.165, 1.54) is 44.9 Å². The van der Waals surface area contributed by atoms with E-state index in [2.05, 4.69) is 41.2 Å². The van der Waals surface area contributed by atoms with Crippen molar-refractivity contribution in [2.24, 2.45) is 5.11 Å². The van der Waals surface area contributed by atoms with Gasteiger partial charge in [0.1, 0.15) is 36.6 Å². The summed E-state index contributed by atoms with van der Waals surface area (Å²) in [7, 11) is 0. The topological polar surface area (TPSA) is 132 Å². The fourth-order valence-electron chi connectivity index (χ4n) is 10.5. The number of ether oxygens (including phenoxy) is 9. The molecule has 0 amide bonds. The van der Waals surface area contributed by atoms with E-state index in [1.807, 2.05) is 200 Å². The largest absolute Gasteiger partial charge is 0.374 e. The summed E-state index contributed by atoms with van der Waals surface area (Å²) in [5.41, 5.74) is 17.5. The third-order valence-corrected chi connectivity index (χ3v) is 15.2. The SMILES string of the molecule is CCCCCCCCCCC/C=C\[C@H](OCc1ccccc1)[C@@H](OCc1ccccc1)[C@@H](OCc1ccccc1)[C@H](CO[C@H]1O[C@H](COCc2ccccc2)[C@H](OCc2ccccc2)[C@H](OCc2ccccc2)[C@H]1OCc1ccccc1)N=[N+]=[N-].